The van der Waals surface area contributed by atoms with E-state index in [1.807, 2.05) is 0 Å². The molecule has 4 atom stereocenters. The van der Waals surface area contributed by atoms with Crippen molar-refractivity contribution in [2.45, 2.75) is 57.1 Å². The van der Waals surface area contributed by atoms with E-state index < -0.39 is 35.5 Å². The Morgan fingerprint density at radius 1 is 0.544 bits per heavy atom. The molecule has 4 aromatic carbocycles. The van der Waals surface area contributed by atoms with Crippen molar-refractivity contribution >= 4 is 81.4 Å². The number of amides is 2. The minimum absolute atomic E-state index is 0.0539. The smallest absolute Gasteiger partial charge is 0.330 e. The number of aryl methyl sites for hydroxylation is 2. The summed E-state index contributed by atoms with van der Waals surface area (Å²) in [5.74, 6) is 0.433. The highest BCUT2D eigenvalue weighted by Crippen LogP contribution is 2.43. The molecule has 0 aliphatic carbocycles. The first kappa shape index (κ1) is 41.0. The number of hydrogen-bond acceptors (Lipinski definition) is 6. The van der Waals surface area contributed by atoms with Crippen molar-refractivity contribution in [3.8, 4) is 11.5 Å². The molecule has 296 valence electrons. The molecule has 2 aliphatic heterocycles. The van der Waals surface area contributed by atoms with Gasteiger partial charge in [0.05, 0.1) is 0 Å². The van der Waals surface area contributed by atoms with Gasteiger partial charge in [-0.1, -0.05) is 81.7 Å². The molecular weight excluding hydrogens is 857 g/mol. The van der Waals surface area contributed by atoms with Crippen LogP contribution in [0.15, 0.2) is 101 Å². The zero-order chi connectivity index (χ0) is 40.5. The first-order chi connectivity index (χ1) is 27.3. The van der Waals surface area contributed by atoms with Gasteiger partial charge >= 0.3 is 5.69 Å². The average Bonchev–Trinajstić information content (AvgIpc) is 3.18. The molecule has 57 heavy (non-hydrogen) atoms. The molecule has 3 heterocycles. The van der Waals surface area contributed by atoms with Crippen molar-refractivity contribution in [1.29, 1.82) is 0 Å². The minimum atomic E-state index is -0.864. The van der Waals surface area contributed by atoms with E-state index in [1.165, 1.54) is 15.3 Å². The molecule has 2 saturated heterocycles. The van der Waals surface area contributed by atoms with Crippen LogP contribution in [-0.4, -0.2) is 56.0 Å². The van der Waals surface area contributed by atoms with E-state index in [2.05, 4.69) is 0 Å². The molecule has 0 radical (unpaired) electrons. The van der Waals surface area contributed by atoms with E-state index in [1.54, 1.807) is 102 Å². The maximum absolute atomic E-state index is 13.7. The molecule has 0 saturated carbocycles. The van der Waals surface area contributed by atoms with Gasteiger partial charge in [-0.05, 0) is 104 Å². The molecule has 5 aromatic rings. The number of rotatable bonds is 14. The third-order valence-corrected chi connectivity index (χ3v) is 11.6. The summed E-state index contributed by atoms with van der Waals surface area (Å²) in [6, 6.07) is 22.5. The lowest BCUT2D eigenvalue weighted by Crippen LogP contribution is -2.61. The summed E-state index contributed by atoms with van der Waals surface area (Å²) < 4.78 is 14.8. The number of benzene rings is 4. The van der Waals surface area contributed by atoms with Crippen molar-refractivity contribution in [2.75, 3.05) is 13.1 Å². The van der Waals surface area contributed by atoms with E-state index in [0.717, 1.165) is 0 Å². The summed E-state index contributed by atoms with van der Waals surface area (Å²) in [5, 5.41) is 2.73. The zero-order valence-electron chi connectivity index (χ0n) is 30.2. The number of likely N-dealkylation sites (tertiary alicyclic amines) is 2. The Balaban J connectivity index is 1.03. The van der Waals surface area contributed by atoms with Gasteiger partial charge in [-0.2, -0.15) is 0 Å². The molecule has 2 amide bonds. The van der Waals surface area contributed by atoms with Crippen LogP contribution in [-0.2, 0) is 22.7 Å². The highest BCUT2D eigenvalue weighted by Gasteiger charge is 2.51. The Hall–Kier alpha value is -4.16. The van der Waals surface area contributed by atoms with Crippen LogP contribution < -0.4 is 20.7 Å². The molecule has 0 unspecified atom stereocenters. The Kier molecular flexibility index (Phi) is 12.5. The number of aromatic nitrogens is 2. The number of carbonyl (C=O) groups is 2. The second kappa shape index (κ2) is 17.4. The lowest BCUT2D eigenvalue weighted by atomic mass is 9.90. The summed E-state index contributed by atoms with van der Waals surface area (Å²) in [6.07, 6.45) is 0.497. The standard InChI is InChI=1S/C41H34Cl6N4O6/c1-23-22-48(16-2-17-49-34(30-14-8-26(44)20-32(30)46)36(39(49)53)56-28-10-4-24(42)5-11-28)41(55)51(38(23)52)19-3-18-50-35(31-15-9-27(45)21-33(31)47)37(40(50)54)57-29-12-6-25(43)7-13-29/h4-15,20-22,34-37H,2-3,16-19H2,1H3/t34-,35+,36+,37-/m1/s1. The number of β-lactam (4-membered cyclic amide) rings is 2. The third-order valence-electron chi connectivity index (χ3n) is 10.0. The number of hydrogen-bond donors (Lipinski definition) is 0. The van der Waals surface area contributed by atoms with Crippen LogP contribution in [0, 0.1) is 6.92 Å². The highest BCUT2D eigenvalue weighted by atomic mass is 35.5. The first-order valence-corrected chi connectivity index (χ1v) is 20.2. The van der Waals surface area contributed by atoms with Gasteiger partial charge < -0.3 is 23.8 Å². The molecular formula is C41H34Cl6N4O6. The van der Waals surface area contributed by atoms with Crippen molar-refractivity contribution in [2.24, 2.45) is 0 Å². The van der Waals surface area contributed by atoms with Crippen molar-refractivity contribution in [3.63, 3.8) is 0 Å². The van der Waals surface area contributed by atoms with Gasteiger partial charge in [0.1, 0.15) is 23.6 Å². The molecule has 2 fully saturated rings. The van der Waals surface area contributed by atoms with Crippen LogP contribution in [0.4, 0.5) is 0 Å². The summed E-state index contributed by atoms with van der Waals surface area (Å²) in [4.78, 5) is 57.2. The Bertz CT molecular complexity index is 2440. The molecule has 1 aromatic heterocycles. The number of nitrogens with zero attached hydrogens (tertiary/aromatic N) is 4. The van der Waals surface area contributed by atoms with Crippen LogP contribution in [0.2, 0.25) is 30.1 Å². The molecule has 7 rings (SSSR count). The van der Waals surface area contributed by atoms with Crippen LogP contribution in [0.25, 0.3) is 0 Å². The number of ether oxygens (including phenoxy) is 2. The SMILES string of the molecule is Cc1cn(CCCN2C(=O)[C@@H](Oc3ccc(Cl)cc3)[C@H]2c2ccc(Cl)cc2Cl)c(=O)n(CCCN2C(=O)[C@H](Oc3ccc(Cl)cc3)[C@@H]2c2ccc(Cl)cc2Cl)c1=O. The predicted molar refractivity (Wildman–Crippen MR) is 223 cm³/mol. The second-order valence-corrected chi connectivity index (χ2v) is 16.3. The van der Waals surface area contributed by atoms with E-state index in [-0.39, 0.29) is 38.0 Å². The van der Waals surface area contributed by atoms with E-state index in [0.29, 0.717) is 71.2 Å². The predicted octanol–water partition coefficient (Wildman–Crippen LogP) is 9.08. The van der Waals surface area contributed by atoms with Gasteiger partial charge in [0, 0.05) is 68.1 Å². The number of halogens is 6. The summed E-state index contributed by atoms with van der Waals surface area (Å²) in [6.45, 7) is 2.41. The summed E-state index contributed by atoms with van der Waals surface area (Å²) >= 11 is 37.6. The molecule has 0 spiro atoms. The Morgan fingerprint density at radius 3 is 1.40 bits per heavy atom. The maximum Gasteiger partial charge on any atom is 0.330 e. The van der Waals surface area contributed by atoms with Crippen molar-refractivity contribution < 1.29 is 19.1 Å². The molecule has 0 N–H and O–H groups in total. The van der Waals surface area contributed by atoms with Gasteiger partial charge in [0.15, 0.2) is 0 Å². The number of carbonyl (C=O) groups excluding carboxylic acids is 2. The Labute approximate surface area is 357 Å². The van der Waals surface area contributed by atoms with E-state index >= 15 is 0 Å². The third kappa shape index (κ3) is 8.67. The van der Waals surface area contributed by atoms with Crippen molar-refractivity contribution in [1.82, 2.24) is 18.9 Å². The van der Waals surface area contributed by atoms with Crippen LogP contribution in [0.1, 0.15) is 41.6 Å². The quantitative estimate of drug-likeness (QED) is 0.103. The van der Waals surface area contributed by atoms with Gasteiger partial charge in [0.25, 0.3) is 17.4 Å². The lowest BCUT2D eigenvalue weighted by Gasteiger charge is -2.47. The highest BCUT2D eigenvalue weighted by molar-refractivity contribution is 6.35. The monoisotopic (exact) mass is 888 g/mol. The summed E-state index contributed by atoms with van der Waals surface area (Å²) in [5.41, 5.74) is 0.770. The lowest BCUT2D eigenvalue weighted by molar-refractivity contribution is -0.164. The van der Waals surface area contributed by atoms with Crippen LogP contribution >= 0.6 is 69.6 Å². The fourth-order valence-corrected chi connectivity index (χ4v) is 8.49. The maximum atomic E-state index is 13.7. The second-order valence-electron chi connectivity index (χ2n) is 13.7. The van der Waals surface area contributed by atoms with Crippen LogP contribution in [0.5, 0.6) is 11.5 Å². The van der Waals surface area contributed by atoms with Crippen LogP contribution in [0.3, 0.4) is 0 Å². The topological polar surface area (TPSA) is 103 Å². The fourth-order valence-electron chi connectivity index (χ4n) is 7.19. The van der Waals surface area contributed by atoms with Gasteiger partial charge in [-0.25, -0.2) is 4.79 Å². The normalized spacial score (nSPS) is 19.0. The molecule has 0 bridgehead atoms. The molecule has 16 heteroatoms. The van der Waals surface area contributed by atoms with E-state index in [4.69, 9.17) is 79.1 Å². The molecule has 10 nitrogen and oxygen atoms in total. The fraction of sp³-hybridized carbons (Fsp3) is 0.268. The Morgan fingerprint density at radius 2 is 0.965 bits per heavy atom. The van der Waals surface area contributed by atoms with Gasteiger partial charge in [0.2, 0.25) is 12.2 Å². The van der Waals surface area contributed by atoms with E-state index in [9.17, 15) is 19.2 Å². The average molecular weight is 891 g/mol. The first-order valence-electron chi connectivity index (χ1n) is 18.0. The van der Waals surface area contributed by atoms with Gasteiger partial charge in [-0.15, -0.1) is 0 Å². The minimum Gasteiger partial charge on any atom is -0.478 e. The zero-order valence-corrected chi connectivity index (χ0v) is 34.8. The molecule has 2 aliphatic rings. The van der Waals surface area contributed by atoms with Crippen molar-refractivity contribution in [3.05, 3.63) is 159 Å². The summed E-state index contributed by atoms with van der Waals surface area (Å²) in [7, 11) is 0. The van der Waals surface area contributed by atoms with Gasteiger partial charge in [-0.3, -0.25) is 19.0 Å². The largest absolute Gasteiger partial charge is 0.478 e.